The lowest BCUT2D eigenvalue weighted by Crippen LogP contribution is -2.66. The van der Waals surface area contributed by atoms with Gasteiger partial charge in [-0.2, -0.15) is 0 Å². The molecule has 0 amide bonds. The average Bonchev–Trinajstić information content (AvgIpc) is 3.09. The van der Waals surface area contributed by atoms with E-state index in [1.807, 2.05) is 6.92 Å². The SMILES string of the molecule is CC(C)(O)CC[C@@H](O)[C@](C)(O)[C@H]1CC[C@@]2(O)C3=CC(=O)[C@H]4C[C@@H](O)[C@@H](O)C[C@]4(C)[C@H]3CC[C@]12C(=O)O. The lowest BCUT2D eigenvalue weighted by atomic mass is 9.45. The Balaban J connectivity index is 1.75. The molecule has 0 unspecified atom stereocenters. The molecular formula is C27H42O9. The van der Waals surface area contributed by atoms with Crippen molar-refractivity contribution < 1.29 is 45.3 Å². The van der Waals surface area contributed by atoms with Crippen LogP contribution in [0.1, 0.15) is 79.1 Å². The van der Waals surface area contributed by atoms with E-state index in [4.69, 9.17) is 0 Å². The first-order valence-corrected chi connectivity index (χ1v) is 13.1. The second kappa shape index (κ2) is 8.58. The molecule has 4 aliphatic rings. The minimum Gasteiger partial charge on any atom is -0.481 e. The van der Waals surface area contributed by atoms with Crippen molar-refractivity contribution >= 4 is 11.8 Å². The molecule has 7 N–H and O–H groups in total. The van der Waals surface area contributed by atoms with Gasteiger partial charge < -0.3 is 35.7 Å². The predicted molar refractivity (Wildman–Crippen MR) is 129 cm³/mol. The summed E-state index contributed by atoms with van der Waals surface area (Å²) in [6.07, 6.45) is -0.958. The lowest BCUT2D eigenvalue weighted by Gasteiger charge is -2.60. The van der Waals surface area contributed by atoms with Gasteiger partial charge in [0.1, 0.15) is 11.0 Å². The van der Waals surface area contributed by atoms with Crippen LogP contribution in [0, 0.1) is 28.6 Å². The molecule has 9 nitrogen and oxygen atoms in total. The van der Waals surface area contributed by atoms with Gasteiger partial charge in [-0.15, -0.1) is 0 Å². The van der Waals surface area contributed by atoms with Crippen LogP contribution >= 0.6 is 0 Å². The third-order valence-corrected chi connectivity index (χ3v) is 10.4. The number of carboxylic acid groups (broad SMARTS) is 1. The molecule has 10 atom stereocenters. The van der Waals surface area contributed by atoms with Gasteiger partial charge in [0.2, 0.25) is 0 Å². The molecule has 4 aliphatic carbocycles. The molecule has 0 spiro atoms. The molecule has 0 aromatic rings. The van der Waals surface area contributed by atoms with Gasteiger partial charge in [-0.1, -0.05) is 6.92 Å². The number of carbonyl (C=O) groups excluding carboxylic acids is 1. The van der Waals surface area contributed by atoms with E-state index in [1.54, 1.807) is 13.8 Å². The number of ketones is 1. The molecule has 0 bridgehead atoms. The molecule has 3 fully saturated rings. The van der Waals surface area contributed by atoms with Crippen molar-refractivity contribution in [1.29, 1.82) is 0 Å². The molecule has 9 heteroatoms. The number of aliphatic hydroxyl groups excluding tert-OH is 3. The molecule has 0 saturated heterocycles. The Morgan fingerprint density at radius 3 is 2.33 bits per heavy atom. The maximum absolute atomic E-state index is 13.3. The highest BCUT2D eigenvalue weighted by atomic mass is 16.4. The smallest absolute Gasteiger partial charge is 0.313 e. The van der Waals surface area contributed by atoms with Crippen LogP contribution in [0.5, 0.6) is 0 Å². The number of aliphatic hydroxyl groups is 6. The van der Waals surface area contributed by atoms with E-state index in [2.05, 4.69) is 0 Å². The van der Waals surface area contributed by atoms with Crippen LogP contribution in [0.25, 0.3) is 0 Å². The molecule has 0 heterocycles. The molecule has 204 valence electrons. The lowest BCUT2D eigenvalue weighted by molar-refractivity contribution is -0.202. The Morgan fingerprint density at radius 2 is 1.75 bits per heavy atom. The predicted octanol–water partition coefficient (Wildman–Crippen LogP) is 0.919. The summed E-state index contributed by atoms with van der Waals surface area (Å²) < 4.78 is 0. The van der Waals surface area contributed by atoms with Crippen molar-refractivity contribution in [1.82, 2.24) is 0 Å². The highest BCUT2D eigenvalue weighted by Crippen LogP contribution is 2.69. The maximum Gasteiger partial charge on any atom is 0.313 e. The average molecular weight is 511 g/mol. The number of aliphatic carboxylic acids is 1. The van der Waals surface area contributed by atoms with Gasteiger partial charge in [0.15, 0.2) is 5.78 Å². The van der Waals surface area contributed by atoms with Crippen LogP contribution in [0.3, 0.4) is 0 Å². The quantitative estimate of drug-likeness (QED) is 0.274. The Bertz CT molecular complexity index is 951. The van der Waals surface area contributed by atoms with Crippen molar-refractivity contribution in [2.75, 3.05) is 0 Å². The summed E-state index contributed by atoms with van der Waals surface area (Å²) in [5, 5.41) is 76.0. The number of allylic oxidation sites excluding steroid dienone is 1. The Hall–Kier alpha value is -1.36. The first-order valence-electron chi connectivity index (χ1n) is 13.1. The van der Waals surface area contributed by atoms with E-state index in [9.17, 15) is 45.3 Å². The van der Waals surface area contributed by atoms with Gasteiger partial charge in [0.25, 0.3) is 0 Å². The summed E-state index contributed by atoms with van der Waals surface area (Å²) in [5.41, 5.74) is -7.06. The fraction of sp³-hybridized carbons (Fsp3) is 0.852. The topological polar surface area (TPSA) is 176 Å². The number of rotatable bonds is 6. The summed E-state index contributed by atoms with van der Waals surface area (Å²) in [5.74, 6) is -3.45. The van der Waals surface area contributed by atoms with E-state index in [-0.39, 0.29) is 56.6 Å². The van der Waals surface area contributed by atoms with Gasteiger partial charge in [0, 0.05) is 11.8 Å². The zero-order valence-electron chi connectivity index (χ0n) is 21.6. The van der Waals surface area contributed by atoms with E-state index < -0.39 is 63.8 Å². The molecule has 3 saturated carbocycles. The molecule has 0 aromatic heterocycles. The summed E-state index contributed by atoms with van der Waals surface area (Å²) in [6.45, 7) is 6.45. The van der Waals surface area contributed by atoms with Crippen molar-refractivity contribution in [3.8, 4) is 0 Å². The van der Waals surface area contributed by atoms with E-state index in [0.29, 0.717) is 12.0 Å². The molecule has 0 aromatic carbocycles. The molecule has 0 radical (unpaired) electrons. The zero-order valence-corrected chi connectivity index (χ0v) is 21.6. The Morgan fingerprint density at radius 1 is 1.11 bits per heavy atom. The van der Waals surface area contributed by atoms with Crippen molar-refractivity contribution in [3.63, 3.8) is 0 Å². The van der Waals surface area contributed by atoms with Crippen molar-refractivity contribution in [3.05, 3.63) is 11.6 Å². The summed E-state index contributed by atoms with van der Waals surface area (Å²) in [6, 6.07) is 0. The Labute approximate surface area is 211 Å². The standard InChI is InChI=1S/C27H42O9/c1-23(2,34)8-7-21(31)25(4,35)20-6-10-27(36)15-11-17(28)16-12-18(29)19(30)13-24(16,3)14(15)5-9-26(20,27)22(32)33/h11,14,16,18-21,29-31,34-36H,5-10,12-13H2,1-4H3,(H,32,33)/t14-,16+,18+,19-,20+,21+,24+,25+,26+,27+/m0/s1. The van der Waals surface area contributed by atoms with Crippen LogP contribution in [-0.4, -0.2) is 82.6 Å². The van der Waals surface area contributed by atoms with Crippen LogP contribution in [-0.2, 0) is 9.59 Å². The van der Waals surface area contributed by atoms with Crippen LogP contribution < -0.4 is 0 Å². The minimum atomic E-state index is -1.91. The fourth-order valence-corrected chi connectivity index (χ4v) is 8.33. The fourth-order valence-electron chi connectivity index (χ4n) is 8.33. The minimum absolute atomic E-state index is 0.0138. The van der Waals surface area contributed by atoms with Crippen LogP contribution in [0.2, 0.25) is 0 Å². The first kappa shape index (κ1) is 27.7. The van der Waals surface area contributed by atoms with Gasteiger partial charge in [-0.25, -0.2) is 0 Å². The summed E-state index contributed by atoms with van der Waals surface area (Å²) in [7, 11) is 0. The number of hydrogen-bond donors (Lipinski definition) is 7. The third-order valence-electron chi connectivity index (χ3n) is 10.4. The van der Waals surface area contributed by atoms with Gasteiger partial charge >= 0.3 is 5.97 Å². The normalized spacial score (nSPS) is 45.1. The number of fused-ring (bicyclic) bond motifs is 5. The summed E-state index contributed by atoms with van der Waals surface area (Å²) >= 11 is 0. The third kappa shape index (κ3) is 3.81. The highest BCUT2D eigenvalue weighted by Gasteiger charge is 2.74. The van der Waals surface area contributed by atoms with Gasteiger partial charge in [-0.3, -0.25) is 9.59 Å². The van der Waals surface area contributed by atoms with E-state index in [1.165, 1.54) is 13.0 Å². The summed E-state index contributed by atoms with van der Waals surface area (Å²) in [4.78, 5) is 26.3. The number of hydrogen-bond acceptors (Lipinski definition) is 8. The van der Waals surface area contributed by atoms with E-state index in [0.717, 1.165) is 0 Å². The van der Waals surface area contributed by atoms with Crippen molar-refractivity contribution in [2.24, 2.45) is 28.6 Å². The second-order valence-corrected chi connectivity index (χ2v) is 13.0. The monoisotopic (exact) mass is 510 g/mol. The van der Waals surface area contributed by atoms with Crippen molar-refractivity contribution in [2.45, 2.75) is 114 Å². The maximum atomic E-state index is 13.3. The van der Waals surface area contributed by atoms with Gasteiger partial charge in [-0.05, 0) is 95.1 Å². The Kier molecular flexibility index (Phi) is 6.59. The highest BCUT2D eigenvalue weighted by molar-refractivity contribution is 5.95. The molecular weight excluding hydrogens is 468 g/mol. The second-order valence-electron chi connectivity index (χ2n) is 13.0. The number of carboxylic acids is 1. The van der Waals surface area contributed by atoms with Crippen LogP contribution in [0.4, 0.5) is 0 Å². The molecule has 36 heavy (non-hydrogen) atoms. The number of carbonyl (C=O) groups is 2. The van der Waals surface area contributed by atoms with Crippen LogP contribution in [0.15, 0.2) is 11.6 Å². The largest absolute Gasteiger partial charge is 0.481 e. The molecule has 0 aliphatic heterocycles. The molecule has 4 rings (SSSR count). The first-order chi connectivity index (χ1) is 16.4. The zero-order chi connectivity index (χ0) is 27.1. The van der Waals surface area contributed by atoms with E-state index >= 15 is 0 Å². The van der Waals surface area contributed by atoms with Gasteiger partial charge in [0.05, 0.1) is 29.5 Å².